The standard InChI is InChI=1S/C14H29NSi/c1-14(2)16(3,4)13-15-11-9-7-5-6-8-10-12-15/h1,5-13H2,2-4H3. The molecule has 0 aromatic rings. The first-order chi connectivity index (χ1) is 7.52. The Kier molecular flexibility index (Phi) is 5.77. The van der Waals surface area contributed by atoms with Crippen LogP contribution in [0.5, 0.6) is 0 Å². The predicted octanol–water partition coefficient (Wildman–Crippen LogP) is 4.01. The van der Waals surface area contributed by atoms with Crippen LogP contribution < -0.4 is 0 Å². The van der Waals surface area contributed by atoms with E-state index in [1.54, 1.807) is 0 Å². The van der Waals surface area contributed by atoms with Crippen LogP contribution in [0.2, 0.25) is 13.1 Å². The van der Waals surface area contributed by atoms with Crippen molar-refractivity contribution < 1.29 is 0 Å². The molecule has 1 aliphatic heterocycles. The Balaban J connectivity index is 2.46. The van der Waals surface area contributed by atoms with Gasteiger partial charge in [0.1, 0.15) is 0 Å². The van der Waals surface area contributed by atoms with Crippen LogP contribution >= 0.6 is 0 Å². The lowest BCUT2D eigenvalue weighted by Crippen LogP contribution is -2.44. The van der Waals surface area contributed by atoms with Gasteiger partial charge in [-0.25, -0.2) is 0 Å². The van der Waals surface area contributed by atoms with Crippen LogP contribution in [-0.2, 0) is 0 Å². The molecule has 0 aromatic carbocycles. The fourth-order valence-electron chi connectivity index (χ4n) is 2.34. The molecule has 0 amide bonds. The highest BCUT2D eigenvalue weighted by atomic mass is 28.3. The van der Waals surface area contributed by atoms with E-state index < -0.39 is 8.07 Å². The van der Waals surface area contributed by atoms with E-state index in [1.165, 1.54) is 63.0 Å². The summed E-state index contributed by atoms with van der Waals surface area (Å²) in [6, 6.07) is 0. The Bertz CT molecular complexity index is 213. The summed E-state index contributed by atoms with van der Waals surface area (Å²) in [6.45, 7) is 14.0. The zero-order chi connectivity index (χ0) is 12.0. The normalized spacial score (nSPS) is 20.9. The minimum atomic E-state index is -1.19. The third kappa shape index (κ3) is 4.83. The van der Waals surface area contributed by atoms with Gasteiger partial charge in [-0.2, -0.15) is 0 Å². The number of rotatable bonds is 3. The van der Waals surface area contributed by atoms with Gasteiger partial charge < -0.3 is 4.90 Å². The van der Waals surface area contributed by atoms with E-state index in [-0.39, 0.29) is 0 Å². The Morgan fingerprint density at radius 2 is 1.44 bits per heavy atom. The first kappa shape index (κ1) is 14.0. The van der Waals surface area contributed by atoms with Crippen molar-refractivity contribution in [1.29, 1.82) is 0 Å². The highest BCUT2D eigenvalue weighted by Crippen LogP contribution is 2.17. The third-order valence-corrected chi connectivity index (χ3v) is 7.52. The molecule has 0 atom stereocenters. The highest BCUT2D eigenvalue weighted by Gasteiger charge is 2.24. The van der Waals surface area contributed by atoms with Gasteiger partial charge in [0.25, 0.3) is 0 Å². The van der Waals surface area contributed by atoms with Crippen molar-refractivity contribution in [3.8, 4) is 0 Å². The Labute approximate surface area is 103 Å². The third-order valence-electron chi connectivity index (χ3n) is 3.97. The summed E-state index contributed by atoms with van der Waals surface area (Å²) in [5, 5.41) is 1.45. The quantitative estimate of drug-likeness (QED) is 0.673. The summed E-state index contributed by atoms with van der Waals surface area (Å²) in [5.74, 6) is 0. The van der Waals surface area contributed by atoms with E-state index in [0.29, 0.717) is 0 Å². The average molecular weight is 239 g/mol. The van der Waals surface area contributed by atoms with Crippen LogP contribution in [0.4, 0.5) is 0 Å². The minimum absolute atomic E-state index is 1.19. The van der Waals surface area contributed by atoms with Crippen LogP contribution in [0.1, 0.15) is 45.4 Å². The monoisotopic (exact) mass is 239 g/mol. The molecule has 0 aliphatic carbocycles. The summed E-state index contributed by atoms with van der Waals surface area (Å²) in [4.78, 5) is 2.71. The van der Waals surface area contributed by atoms with Gasteiger partial charge in [-0.1, -0.05) is 44.0 Å². The van der Waals surface area contributed by atoms with Gasteiger partial charge in [-0.15, -0.1) is 6.58 Å². The second-order valence-electron chi connectivity index (χ2n) is 6.06. The summed E-state index contributed by atoms with van der Waals surface area (Å²) in [6.07, 6.45) is 9.91. The van der Waals surface area contributed by atoms with Crippen molar-refractivity contribution in [2.45, 2.75) is 58.5 Å². The second kappa shape index (κ2) is 6.60. The Hall–Kier alpha value is -0.0831. The van der Waals surface area contributed by atoms with Crippen molar-refractivity contribution in [3.05, 3.63) is 11.8 Å². The zero-order valence-electron chi connectivity index (χ0n) is 11.5. The van der Waals surface area contributed by atoms with E-state index in [9.17, 15) is 0 Å². The van der Waals surface area contributed by atoms with Crippen molar-refractivity contribution in [3.63, 3.8) is 0 Å². The molecule has 0 aromatic heterocycles. The molecule has 1 rings (SSSR count). The van der Waals surface area contributed by atoms with E-state index in [4.69, 9.17) is 0 Å². The lowest BCUT2D eigenvalue weighted by molar-refractivity contribution is 0.306. The maximum absolute atomic E-state index is 4.19. The fraction of sp³-hybridized carbons (Fsp3) is 0.857. The number of allylic oxidation sites excluding steroid dienone is 1. The molecule has 0 spiro atoms. The molecule has 16 heavy (non-hydrogen) atoms. The molecule has 94 valence electrons. The smallest absolute Gasteiger partial charge is 0.0886 e. The largest absolute Gasteiger partial charge is 0.306 e. The van der Waals surface area contributed by atoms with Crippen LogP contribution in [0, 0.1) is 0 Å². The van der Waals surface area contributed by atoms with Crippen molar-refractivity contribution in [2.75, 3.05) is 19.3 Å². The summed E-state index contributed by atoms with van der Waals surface area (Å²) in [5.41, 5.74) is 0. The van der Waals surface area contributed by atoms with Crippen LogP contribution in [0.15, 0.2) is 11.8 Å². The summed E-state index contributed by atoms with van der Waals surface area (Å²) >= 11 is 0. The predicted molar refractivity (Wildman–Crippen MR) is 76.4 cm³/mol. The maximum atomic E-state index is 4.19. The number of hydrogen-bond donors (Lipinski definition) is 0. The topological polar surface area (TPSA) is 3.24 Å². The van der Waals surface area contributed by atoms with Gasteiger partial charge in [-0.3, -0.25) is 0 Å². The SMILES string of the molecule is C=C(C)[Si](C)(C)CN1CCCCCCCC1. The number of nitrogens with zero attached hydrogens (tertiary/aromatic N) is 1. The molecule has 0 unspecified atom stereocenters. The zero-order valence-corrected chi connectivity index (χ0v) is 12.5. The molecule has 2 heteroatoms. The Morgan fingerprint density at radius 1 is 1.00 bits per heavy atom. The van der Waals surface area contributed by atoms with E-state index >= 15 is 0 Å². The van der Waals surface area contributed by atoms with Gasteiger partial charge in [-0.05, 0) is 39.0 Å². The fourth-order valence-corrected chi connectivity index (χ4v) is 4.05. The second-order valence-corrected chi connectivity index (χ2v) is 11.0. The molecular formula is C14H29NSi. The maximum Gasteiger partial charge on any atom is 0.0886 e. The first-order valence-corrected chi connectivity index (χ1v) is 10.1. The van der Waals surface area contributed by atoms with Gasteiger partial charge in [0.05, 0.1) is 8.07 Å². The average Bonchev–Trinajstić information content (AvgIpc) is 2.31. The van der Waals surface area contributed by atoms with E-state index in [1.807, 2.05) is 0 Å². The van der Waals surface area contributed by atoms with Crippen molar-refractivity contribution in [1.82, 2.24) is 4.90 Å². The minimum Gasteiger partial charge on any atom is -0.306 e. The van der Waals surface area contributed by atoms with Crippen LogP contribution in [0.25, 0.3) is 0 Å². The lowest BCUT2D eigenvalue weighted by Gasteiger charge is -2.31. The molecule has 0 saturated carbocycles. The van der Waals surface area contributed by atoms with Gasteiger partial charge in [0.15, 0.2) is 0 Å². The molecular weight excluding hydrogens is 210 g/mol. The molecule has 1 saturated heterocycles. The molecule has 1 heterocycles. The molecule has 1 nitrogen and oxygen atoms in total. The van der Waals surface area contributed by atoms with Gasteiger partial charge in [0.2, 0.25) is 0 Å². The first-order valence-electron chi connectivity index (χ1n) is 6.91. The van der Waals surface area contributed by atoms with Crippen LogP contribution in [0.3, 0.4) is 0 Å². The van der Waals surface area contributed by atoms with Crippen molar-refractivity contribution in [2.24, 2.45) is 0 Å². The lowest BCUT2D eigenvalue weighted by atomic mass is 10.1. The molecule has 0 N–H and O–H groups in total. The highest BCUT2D eigenvalue weighted by molar-refractivity contribution is 6.84. The van der Waals surface area contributed by atoms with E-state index in [2.05, 4.69) is 31.5 Å². The molecule has 0 radical (unpaired) electrons. The summed E-state index contributed by atoms with van der Waals surface area (Å²) in [7, 11) is -1.19. The molecule has 1 aliphatic rings. The van der Waals surface area contributed by atoms with Gasteiger partial charge in [0, 0.05) is 0 Å². The Morgan fingerprint density at radius 3 is 1.88 bits per heavy atom. The van der Waals surface area contributed by atoms with Gasteiger partial charge >= 0.3 is 0 Å². The molecule has 0 bridgehead atoms. The van der Waals surface area contributed by atoms with Crippen LogP contribution in [-0.4, -0.2) is 32.2 Å². The molecule has 1 fully saturated rings. The number of hydrogen-bond acceptors (Lipinski definition) is 1. The van der Waals surface area contributed by atoms with E-state index in [0.717, 1.165) is 0 Å². The van der Waals surface area contributed by atoms with Crippen molar-refractivity contribution >= 4 is 8.07 Å². The summed E-state index contributed by atoms with van der Waals surface area (Å²) < 4.78 is 0.